The number of rotatable bonds is 11. The standard InChI is InChI=1S/C58H70N8O7/c1-72-56(70)62-49(37-13-5-3-6-14-37)54(68)65-29-11-17-47(65)51-59-34-46(61-51)36-21-19-35(20-22-36)40-24-25-41(44-33-58(32-43(40)44)27-9-10-28-58)39-23-26-45-42(31-39)53(67)64-52(60-45)48-18-12-30-66(48)55(69)50(63-57(71)73-2)38-15-7-4-8-16-38/h19-26,31,34,37-38,42,47-50H,3-18,27-30,32-33H2,1-2H3,(H,59,61)(H,62,70)(H,63,71)/t42?,47-,48-,49-,50-/m0/s1. The summed E-state index contributed by atoms with van der Waals surface area (Å²) in [5.41, 5.74) is 10.1. The van der Waals surface area contributed by atoms with Gasteiger partial charge in [-0.2, -0.15) is 4.99 Å². The van der Waals surface area contributed by atoms with Gasteiger partial charge in [-0.1, -0.05) is 99.9 Å². The van der Waals surface area contributed by atoms with Crippen LogP contribution in [0.15, 0.2) is 70.8 Å². The van der Waals surface area contributed by atoms with Crippen molar-refractivity contribution in [3.63, 3.8) is 0 Å². The van der Waals surface area contributed by atoms with Crippen molar-refractivity contribution in [1.82, 2.24) is 30.4 Å². The molecule has 4 heterocycles. The molecule has 3 N–H and O–H groups in total. The molecule has 5 amide bonds. The summed E-state index contributed by atoms with van der Waals surface area (Å²) in [7, 11) is 2.66. The highest BCUT2D eigenvalue weighted by Crippen LogP contribution is 2.53. The number of methoxy groups -OCH3 is 2. The number of carbonyl (C=O) groups is 5. The van der Waals surface area contributed by atoms with Crippen LogP contribution in [-0.4, -0.2) is 107 Å². The van der Waals surface area contributed by atoms with Gasteiger partial charge in [-0.05, 0) is 139 Å². The Hall–Kier alpha value is -6.38. The van der Waals surface area contributed by atoms with Crippen LogP contribution in [0.3, 0.4) is 0 Å². The quantitative estimate of drug-likeness (QED) is 0.169. The molecule has 1 unspecified atom stereocenters. The van der Waals surface area contributed by atoms with Crippen molar-refractivity contribution in [3.05, 3.63) is 83.3 Å². The number of hydrogen-bond acceptors (Lipinski definition) is 9. The van der Waals surface area contributed by atoms with Gasteiger partial charge >= 0.3 is 12.2 Å². The maximum Gasteiger partial charge on any atom is 0.407 e. The number of amidine groups is 1. The fourth-order valence-corrected chi connectivity index (χ4v) is 14.0. The number of fused-ring (bicyclic) bond motifs is 2. The fourth-order valence-electron chi connectivity index (χ4n) is 14.0. The van der Waals surface area contributed by atoms with E-state index in [0.717, 1.165) is 130 Å². The summed E-state index contributed by atoms with van der Waals surface area (Å²) in [5, 5.41) is 5.75. The van der Waals surface area contributed by atoms with E-state index in [2.05, 4.69) is 63.1 Å². The third kappa shape index (κ3) is 9.68. The highest BCUT2D eigenvalue weighted by molar-refractivity contribution is 6.24. The Morgan fingerprint density at radius 3 is 1.84 bits per heavy atom. The van der Waals surface area contributed by atoms with E-state index in [1.807, 2.05) is 23.2 Å². The molecule has 5 atom stereocenters. The second kappa shape index (κ2) is 20.9. The van der Waals surface area contributed by atoms with Crippen molar-refractivity contribution in [1.29, 1.82) is 0 Å². The SMILES string of the molecule is COC(=O)N[C@H](C(=O)N1CCC[C@H]1C1=NC(=O)C2C=C(c3ccc(-c4ccc(-c5cnc([C@@H]6CCCN6C(=O)[C@@H](NC(=O)OC)C6CCCCC6)[nH]5)cc4)c4c3CC3(CCCC3)C4)C=CC2=N1)C1CCCCC1. The summed E-state index contributed by atoms with van der Waals surface area (Å²) in [6.45, 7) is 1.13. The van der Waals surface area contributed by atoms with Gasteiger partial charge in [0.2, 0.25) is 11.8 Å². The molecule has 0 radical (unpaired) electrons. The number of alkyl carbamates (subject to hydrolysis) is 2. The van der Waals surface area contributed by atoms with E-state index in [9.17, 15) is 24.0 Å². The number of aliphatic imine (C=N–C) groups is 2. The van der Waals surface area contributed by atoms with Crippen LogP contribution >= 0.6 is 0 Å². The molecule has 15 nitrogen and oxygen atoms in total. The summed E-state index contributed by atoms with van der Waals surface area (Å²) in [6.07, 6.45) is 26.8. The second-order valence-electron chi connectivity index (χ2n) is 22.1. The Morgan fingerprint density at radius 2 is 1.22 bits per heavy atom. The predicted molar refractivity (Wildman–Crippen MR) is 278 cm³/mol. The first-order valence-corrected chi connectivity index (χ1v) is 27.3. The molecule has 0 bridgehead atoms. The first-order chi connectivity index (χ1) is 35.6. The van der Waals surface area contributed by atoms with Crippen molar-refractivity contribution in [3.8, 4) is 22.4 Å². The molecule has 5 fully saturated rings. The zero-order chi connectivity index (χ0) is 50.2. The highest BCUT2D eigenvalue weighted by atomic mass is 16.5. The number of aromatic nitrogens is 2. The van der Waals surface area contributed by atoms with E-state index >= 15 is 0 Å². The topological polar surface area (TPSA) is 188 Å². The van der Waals surface area contributed by atoms with E-state index < -0.39 is 36.2 Å². The van der Waals surface area contributed by atoms with Gasteiger partial charge in [0.15, 0.2) is 5.84 Å². The number of aromatic amines is 1. The second-order valence-corrected chi connectivity index (χ2v) is 22.1. The van der Waals surface area contributed by atoms with E-state index in [4.69, 9.17) is 19.5 Å². The maximum absolute atomic E-state index is 14.3. The molecule has 11 rings (SSSR count). The summed E-state index contributed by atoms with van der Waals surface area (Å²) in [5.74, 6) is 0.149. The van der Waals surface area contributed by atoms with Crippen LogP contribution in [0.4, 0.5) is 9.59 Å². The predicted octanol–water partition coefficient (Wildman–Crippen LogP) is 9.62. The van der Waals surface area contributed by atoms with Crippen molar-refractivity contribution in [2.24, 2.45) is 33.2 Å². The third-order valence-corrected chi connectivity index (χ3v) is 17.8. The number of benzene rings is 2. The van der Waals surface area contributed by atoms with Gasteiger partial charge in [-0.25, -0.2) is 19.6 Å². The lowest BCUT2D eigenvalue weighted by atomic mass is 9.82. The molecule has 2 aromatic carbocycles. The third-order valence-electron chi connectivity index (χ3n) is 17.8. The number of carbonyl (C=O) groups excluding carboxylic acids is 5. The lowest BCUT2D eigenvalue weighted by molar-refractivity contribution is -0.136. The zero-order valence-electron chi connectivity index (χ0n) is 42.5. The number of likely N-dealkylation sites (tertiary alicyclic amines) is 2. The zero-order valence-corrected chi connectivity index (χ0v) is 42.5. The van der Waals surface area contributed by atoms with Gasteiger partial charge in [-0.3, -0.25) is 14.4 Å². The molecule has 3 saturated carbocycles. The van der Waals surface area contributed by atoms with Crippen LogP contribution in [0.25, 0.3) is 28.0 Å². The van der Waals surface area contributed by atoms with Crippen LogP contribution in [0.1, 0.15) is 144 Å². The van der Waals surface area contributed by atoms with Gasteiger partial charge in [0, 0.05) is 13.1 Å². The minimum atomic E-state index is -0.695. The minimum Gasteiger partial charge on any atom is -0.453 e. The van der Waals surface area contributed by atoms with Crippen LogP contribution in [0, 0.1) is 23.2 Å². The van der Waals surface area contributed by atoms with Crippen molar-refractivity contribution < 1.29 is 33.4 Å². The van der Waals surface area contributed by atoms with E-state index in [-0.39, 0.29) is 41.0 Å². The minimum absolute atomic E-state index is 0.0269. The summed E-state index contributed by atoms with van der Waals surface area (Å²) >= 11 is 0. The van der Waals surface area contributed by atoms with Gasteiger partial charge < -0.3 is 34.9 Å². The molecule has 8 aliphatic rings. The van der Waals surface area contributed by atoms with Crippen molar-refractivity contribution in [2.45, 2.75) is 153 Å². The van der Waals surface area contributed by atoms with Crippen LogP contribution in [0.2, 0.25) is 0 Å². The van der Waals surface area contributed by atoms with Gasteiger partial charge in [0.25, 0.3) is 5.91 Å². The smallest absolute Gasteiger partial charge is 0.407 e. The van der Waals surface area contributed by atoms with E-state index in [1.165, 1.54) is 56.6 Å². The number of nitrogens with zero attached hydrogens (tertiary/aromatic N) is 5. The van der Waals surface area contributed by atoms with Gasteiger partial charge in [0.05, 0.1) is 43.9 Å². The largest absolute Gasteiger partial charge is 0.453 e. The van der Waals surface area contributed by atoms with Crippen LogP contribution in [0.5, 0.6) is 0 Å². The Balaban J connectivity index is 0.812. The molecule has 1 aromatic heterocycles. The lowest BCUT2D eigenvalue weighted by Crippen LogP contribution is -2.55. The number of H-pyrrole nitrogens is 1. The van der Waals surface area contributed by atoms with Crippen LogP contribution < -0.4 is 10.6 Å². The van der Waals surface area contributed by atoms with Gasteiger partial charge in [-0.15, -0.1) is 0 Å². The molecule has 73 heavy (non-hydrogen) atoms. The average Bonchev–Trinajstić information content (AvgIpc) is 4.31. The Labute approximate surface area is 428 Å². The van der Waals surface area contributed by atoms with Crippen molar-refractivity contribution >= 4 is 47.0 Å². The molecule has 5 aliphatic carbocycles. The molecular formula is C58H70N8O7. The molecule has 1 spiro atoms. The Bertz CT molecular complexity index is 2760. The molecule has 2 saturated heterocycles. The fraction of sp³-hybridized carbons (Fsp3) is 0.552. The van der Waals surface area contributed by atoms with E-state index in [0.29, 0.717) is 31.1 Å². The number of ether oxygens (including phenoxy) is 2. The molecule has 15 heteroatoms. The number of imidazole rings is 1. The number of allylic oxidation sites excluding steroid dienone is 3. The number of nitrogens with one attached hydrogen (secondary N) is 3. The van der Waals surface area contributed by atoms with Gasteiger partial charge in [0.1, 0.15) is 23.8 Å². The summed E-state index contributed by atoms with van der Waals surface area (Å²) < 4.78 is 9.88. The molecule has 3 aromatic rings. The summed E-state index contributed by atoms with van der Waals surface area (Å²) in [4.78, 5) is 89.1. The van der Waals surface area contributed by atoms with Crippen molar-refractivity contribution in [2.75, 3.05) is 27.3 Å². The molecule has 384 valence electrons. The molecule has 3 aliphatic heterocycles. The maximum atomic E-state index is 14.3. The normalized spacial score (nSPS) is 24.6. The summed E-state index contributed by atoms with van der Waals surface area (Å²) in [6, 6.07) is 11.2. The lowest BCUT2D eigenvalue weighted by Gasteiger charge is -2.35. The molecular weight excluding hydrogens is 921 g/mol. The van der Waals surface area contributed by atoms with E-state index in [1.54, 1.807) is 4.90 Å². The Morgan fingerprint density at radius 1 is 0.658 bits per heavy atom. The average molecular weight is 991 g/mol. The first kappa shape index (κ1) is 48.9. The highest BCUT2D eigenvalue weighted by Gasteiger charge is 2.45. The Kier molecular flexibility index (Phi) is 14.0. The number of amides is 5. The number of hydrogen-bond donors (Lipinski definition) is 3. The first-order valence-electron chi connectivity index (χ1n) is 27.3. The monoisotopic (exact) mass is 991 g/mol. The van der Waals surface area contributed by atoms with Crippen LogP contribution in [-0.2, 0) is 36.7 Å².